The van der Waals surface area contributed by atoms with Crippen LogP contribution in [0.15, 0.2) is 42.5 Å². The molecule has 10 heteroatoms. The third-order valence-corrected chi connectivity index (χ3v) is 3.31. The summed E-state index contributed by atoms with van der Waals surface area (Å²) < 4.78 is 4.99. The zero-order valence-electron chi connectivity index (χ0n) is 14.4. The quantitative estimate of drug-likeness (QED) is 0.417. The minimum atomic E-state index is -0.979. The Morgan fingerprint density at radius 2 is 1.48 bits per heavy atom. The molecular formula is C17H16N4O6. The maximum atomic E-state index is 12.0. The molecule has 0 unspecified atom stereocenters. The van der Waals surface area contributed by atoms with Crippen molar-refractivity contribution in [3.8, 4) is 5.75 Å². The van der Waals surface area contributed by atoms with Gasteiger partial charge < -0.3 is 20.7 Å². The molecule has 0 fully saturated rings. The number of nitro benzene ring substituents is 1. The zero-order valence-corrected chi connectivity index (χ0v) is 14.4. The monoisotopic (exact) mass is 372 g/mol. The number of benzene rings is 2. The standard InChI is InChI=1S/C17H16N4O6/c1-10(22)18-11-3-5-12(6-4-11)19-16(23)17(24)20-14-8-7-13(21(25)26)9-15(14)27-2/h3-9H,1-2H3,(H,18,22)(H,19,23)(H,20,24). The van der Waals surface area contributed by atoms with Gasteiger partial charge in [-0.15, -0.1) is 0 Å². The average molecular weight is 372 g/mol. The maximum absolute atomic E-state index is 12.0. The molecular weight excluding hydrogens is 356 g/mol. The van der Waals surface area contributed by atoms with Gasteiger partial charge in [0.25, 0.3) is 5.69 Å². The lowest BCUT2D eigenvalue weighted by Gasteiger charge is -2.10. The molecule has 0 aliphatic carbocycles. The van der Waals surface area contributed by atoms with Crippen LogP contribution in [-0.4, -0.2) is 29.8 Å². The van der Waals surface area contributed by atoms with Gasteiger partial charge in [0, 0.05) is 24.4 Å². The topological polar surface area (TPSA) is 140 Å². The predicted molar refractivity (Wildman–Crippen MR) is 97.7 cm³/mol. The summed E-state index contributed by atoms with van der Waals surface area (Å²) in [5, 5.41) is 18.1. The van der Waals surface area contributed by atoms with Crippen molar-refractivity contribution in [1.29, 1.82) is 0 Å². The van der Waals surface area contributed by atoms with Gasteiger partial charge in [0.2, 0.25) is 5.91 Å². The molecule has 2 aromatic carbocycles. The highest BCUT2D eigenvalue weighted by Crippen LogP contribution is 2.29. The molecule has 0 atom stereocenters. The highest BCUT2D eigenvalue weighted by Gasteiger charge is 2.18. The molecule has 27 heavy (non-hydrogen) atoms. The second-order valence-electron chi connectivity index (χ2n) is 5.31. The Labute approximate surface area is 153 Å². The molecule has 0 bridgehead atoms. The number of amides is 3. The number of carbonyl (C=O) groups is 3. The molecule has 140 valence electrons. The van der Waals surface area contributed by atoms with E-state index in [9.17, 15) is 24.5 Å². The van der Waals surface area contributed by atoms with Crippen molar-refractivity contribution in [1.82, 2.24) is 0 Å². The molecule has 0 radical (unpaired) electrons. The Morgan fingerprint density at radius 1 is 0.926 bits per heavy atom. The minimum Gasteiger partial charge on any atom is -0.494 e. The van der Waals surface area contributed by atoms with Crippen molar-refractivity contribution in [2.45, 2.75) is 6.92 Å². The number of non-ortho nitro benzene ring substituents is 1. The van der Waals surface area contributed by atoms with E-state index in [2.05, 4.69) is 16.0 Å². The van der Waals surface area contributed by atoms with E-state index in [-0.39, 0.29) is 23.0 Å². The summed E-state index contributed by atoms with van der Waals surface area (Å²) in [5.41, 5.74) is 0.790. The van der Waals surface area contributed by atoms with Crippen molar-refractivity contribution in [2.24, 2.45) is 0 Å². The Morgan fingerprint density at radius 3 is 2.00 bits per heavy atom. The van der Waals surface area contributed by atoms with Crippen LogP contribution in [0.3, 0.4) is 0 Å². The van der Waals surface area contributed by atoms with Gasteiger partial charge in [-0.05, 0) is 30.3 Å². The second-order valence-corrected chi connectivity index (χ2v) is 5.31. The van der Waals surface area contributed by atoms with E-state index in [1.165, 1.54) is 38.3 Å². The van der Waals surface area contributed by atoms with Crippen LogP contribution in [0.25, 0.3) is 0 Å². The molecule has 3 amide bonds. The van der Waals surface area contributed by atoms with Crippen LogP contribution in [0.5, 0.6) is 5.75 Å². The number of hydrogen-bond donors (Lipinski definition) is 3. The third-order valence-electron chi connectivity index (χ3n) is 3.31. The Balaban J connectivity index is 2.04. The molecule has 0 spiro atoms. The summed E-state index contributed by atoms with van der Waals surface area (Å²) in [7, 11) is 1.28. The van der Waals surface area contributed by atoms with Gasteiger partial charge >= 0.3 is 11.8 Å². The normalized spacial score (nSPS) is 9.85. The van der Waals surface area contributed by atoms with Crippen LogP contribution in [-0.2, 0) is 14.4 Å². The van der Waals surface area contributed by atoms with E-state index in [0.717, 1.165) is 6.07 Å². The Kier molecular flexibility index (Phi) is 6.05. The molecule has 2 aromatic rings. The first-order chi connectivity index (χ1) is 12.8. The van der Waals surface area contributed by atoms with E-state index >= 15 is 0 Å². The predicted octanol–water partition coefficient (Wildman–Crippen LogP) is 2.14. The first kappa shape index (κ1) is 19.4. The number of rotatable bonds is 5. The zero-order chi connectivity index (χ0) is 20.0. The van der Waals surface area contributed by atoms with Crippen LogP contribution in [0.2, 0.25) is 0 Å². The number of hydrogen-bond acceptors (Lipinski definition) is 6. The molecule has 0 aliphatic heterocycles. The molecule has 0 aromatic heterocycles. The van der Waals surface area contributed by atoms with Crippen molar-refractivity contribution in [3.05, 3.63) is 52.6 Å². The summed E-state index contributed by atoms with van der Waals surface area (Å²) in [5.74, 6) is -2.11. The lowest BCUT2D eigenvalue weighted by Crippen LogP contribution is -2.29. The number of nitro groups is 1. The van der Waals surface area contributed by atoms with Crippen molar-refractivity contribution < 1.29 is 24.0 Å². The van der Waals surface area contributed by atoms with Gasteiger partial charge in [-0.2, -0.15) is 0 Å². The number of carbonyl (C=O) groups excluding carboxylic acids is 3. The van der Waals surface area contributed by atoms with Crippen molar-refractivity contribution in [3.63, 3.8) is 0 Å². The van der Waals surface area contributed by atoms with Gasteiger partial charge in [0.15, 0.2) is 0 Å². The summed E-state index contributed by atoms with van der Waals surface area (Å²) >= 11 is 0. The van der Waals surface area contributed by atoms with Crippen LogP contribution in [0.4, 0.5) is 22.7 Å². The largest absolute Gasteiger partial charge is 0.494 e. The molecule has 0 saturated heterocycles. The molecule has 10 nitrogen and oxygen atoms in total. The number of anilines is 3. The molecule has 0 saturated carbocycles. The number of nitrogens with one attached hydrogen (secondary N) is 3. The van der Waals surface area contributed by atoms with E-state index in [1.807, 2.05) is 0 Å². The van der Waals surface area contributed by atoms with Gasteiger partial charge in [0.1, 0.15) is 5.75 Å². The summed E-state index contributed by atoms with van der Waals surface area (Å²) in [4.78, 5) is 45.2. The summed E-state index contributed by atoms with van der Waals surface area (Å²) in [6, 6.07) is 9.74. The molecule has 0 aliphatic rings. The minimum absolute atomic E-state index is 0.0463. The van der Waals surface area contributed by atoms with Crippen molar-refractivity contribution in [2.75, 3.05) is 23.1 Å². The van der Waals surface area contributed by atoms with Crippen LogP contribution >= 0.6 is 0 Å². The fraction of sp³-hybridized carbons (Fsp3) is 0.118. The molecule has 3 N–H and O–H groups in total. The highest BCUT2D eigenvalue weighted by molar-refractivity contribution is 6.43. The van der Waals surface area contributed by atoms with Crippen LogP contribution < -0.4 is 20.7 Å². The number of nitrogens with zero attached hydrogens (tertiary/aromatic N) is 1. The van der Waals surface area contributed by atoms with E-state index in [4.69, 9.17) is 4.74 Å². The second kappa shape index (κ2) is 8.43. The molecule has 0 heterocycles. The van der Waals surface area contributed by atoms with Crippen LogP contribution in [0.1, 0.15) is 6.92 Å². The summed E-state index contributed by atoms with van der Waals surface area (Å²) in [6.07, 6.45) is 0. The maximum Gasteiger partial charge on any atom is 0.314 e. The average Bonchev–Trinajstić information content (AvgIpc) is 2.62. The van der Waals surface area contributed by atoms with E-state index in [0.29, 0.717) is 11.4 Å². The Hall–Kier alpha value is -3.95. The van der Waals surface area contributed by atoms with Gasteiger partial charge in [-0.1, -0.05) is 0 Å². The molecule has 2 rings (SSSR count). The Bertz CT molecular complexity index is 895. The number of methoxy groups -OCH3 is 1. The summed E-state index contributed by atoms with van der Waals surface area (Å²) in [6.45, 7) is 1.37. The highest BCUT2D eigenvalue weighted by atomic mass is 16.6. The smallest absolute Gasteiger partial charge is 0.314 e. The lowest BCUT2D eigenvalue weighted by atomic mass is 10.2. The van der Waals surface area contributed by atoms with Gasteiger partial charge in [-0.25, -0.2) is 0 Å². The van der Waals surface area contributed by atoms with Crippen LogP contribution in [0, 0.1) is 10.1 Å². The first-order valence-corrected chi connectivity index (χ1v) is 7.62. The van der Waals surface area contributed by atoms with Gasteiger partial charge in [0.05, 0.1) is 23.8 Å². The van der Waals surface area contributed by atoms with Crippen molar-refractivity contribution >= 4 is 40.5 Å². The van der Waals surface area contributed by atoms with E-state index in [1.54, 1.807) is 12.1 Å². The fourth-order valence-electron chi connectivity index (χ4n) is 2.10. The SMILES string of the molecule is COc1cc([N+](=O)[O-])ccc1NC(=O)C(=O)Nc1ccc(NC(C)=O)cc1. The third kappa shape index (κ3) is 5.26. The fourth-order valence-corrected chi connectivity index (χ4v) is 2.10. The van der Waals surface area contributed by atoms with E-state index < -0.39 is 16.7 Å². The first-order valence-electron chi connectivity index (χ1n) is 7.62. The van der Waals surface area contributed by atoms with Gasteiger partial charge in [-0.3, -0.25) is 24.5 Å². The lowest BCUT2D eigenvalue weighted by molar-refractivity contribution is -0.384. The number of ether oxygens (including phenoxy) is 1.